The molecule has 0 aliphatic rings. The smallest absolute Gasteiger partial charge is 0.306 e. The topological polar surface area (TPSA) is 111 Å². The molecule has 0 saturated carbocycles. The summed E-state index contributed by atoms with van der Waals surface area (Å²) >= 11 is 0. The molecule has 0 N–H and O–H groups in total. The average Bonchev–Trinajstić information content (AvgIpc) is 3.17. The number of rotatable bonds is 42. The van der Waals surface area contributed by atoms with E-state index < -0.39 is 26.5 Å². The van der Waals surface area contributed by atoms with Crippen LogP contribution in [0.4, 0.5) is 0 Å². The number of unbranched alkanes of at least 4 members (excludes halogenated alkanes) is 20. The molecule has 0 amide bonds. The van der Waals surface area contributed by atoms with Crippen LogP contribution in [0.1, 0.15) is 194 Å². The molecule has 10 heteroatoms. The van der Waals surface area contributed by atoms with Crippen molar-refractivity contribution >= 4 is 19.8 Å². The molecule has 0 aliphatic heterocycles. The lowest BCUT2D eigenvalue weighted by molar-refractivity contribution is -0.870. The average molecular weight is 838 g/mol. The van der Waals surface area contributed by atoms with Crippen molar-refractivity contribution in [2.45, 2.75) is 200 Å². The molecule has 9 nitrogen and oxygen atoms in total. The van der Waals surface area contributed by atoms with Gasteiger partial charge in [0.15, 0.2) is 6.10 Å². The highest BCUT2D eigenvalue weighted by Gasteiger charge is 2.21. The maximum absolute atomic E-state index is 12.7. The summed E-state index contributed by atoms with van der Waals surface area (Å²) in [6.07, 6.45) is 47.4. The molecule has 0 spiro atoms. The molecular weight excluding hydrogens is 750 g/mol. The molecule has 0 aromatic rings. The highest BCUT2D eigenvalue weighted by Crippen LogP contribution is 2.38. The number of hydrogen-bond acceptors (Lipinski definition) is 8. The number of ether oxygens (including phenoxy) is 2. The maximum Gasteiger partial charge on any atom is 0.306 e. The Morgan fingerprint density at radius 2 is 0.983 bits per heavy atom. The number of quaternary nitrogens is 1. The van der Waals surface area contributed by atoms with Gasteiger partial charge >= 0.3 is 11.9 Å². The summed E-state index contributed by atoms with van der Waals surface area (Å²) in [7, 11) is 1.16. The van der Waals surface area contributed by atoms with E-state index in [4.69, 9.17) is 18.5 Å². The van der Waals surface area contributed by atoms with E-state index in [0.717, 1.165) is 64.2 Å². The molecule has 0 radical (unpaired) electrons. The lowest BCUT2D eigenvalue weighted by atomic mass is 10.0. The summed E-state index contributed by atoms with van der Waals surface area (Å²) in [5.41, 5.74) is 0. The monoisotopic (exact) mass is 838 g/mol. The van der Waals surface area contributed by atoms with E-state index in [1.807, 2.05) is 21.1 Å². The Hall–Kier alpha value is -2.03. The van der Waals surface area contributed by atoms with E-state index in [1.54, 1.807) is 0 Å². The van der Waals surface area contributed by atoms with Crippen molar-refractivity contribution in [3.05, 3.63) is 48.6 Å². The third-order valence-corrected chi connectivity index (χ3v) is 10.8. The third-order valence-electron chi connectivity index (χ3n) is 9.86. The zero-order valence-corrected chi connectivity index (χ0v) is 38.9. The first kappa shape index (κ1) is 56.0. The second-order valence-electron chi connectivity index (χ2n) is 16.7. The van der Waals surface area contributed by atoms with Crippen molar-refractivity contribution < 1.29 is 42.1 Å². The molecule has 0 rings (SSSR count). The van der Waals surface area contributed by atoms with Crippen LogP contribution in [0.15, 0.2) is 48.6 Å². The van der Waals surface area contributed by atoms with Crippen LogP contribution in [0.3, 0.4) is 0 Å². The van der Waals surface area contributed by atoms with Gasteiger partial charge in [0.25, 0.3) is 7.82 Å². The Labute approximate surface area is 356 Å². The first-order chi connectivity index (χ1) is 28.0. The molecule has 0 aliphatic carbocycles. The summed E-state index contributed by atoms with van der Waals surface area (Å²) < 4.78 is 33.8. The van der Waals surface area contributed by atoms with E-state index >= 15 is 0 Å². The van der Waals surface area contributed by atoms with Crippen LogP contribution in [0.25, 0.3) is 0 Å². The molecular formula is C48H88NO8P. The number of phosphoric acid groups is 1. The molecule has 2 unspecified atom stereocenters. The molecule has 0 aromatic heterocycles. The SMILES string of the molecule is CC/C=C\C/C=C\C/C=C\C/C=C\CCCCCCCCCCCCCCCCC(=O)OC(COC(=O)CCCCCCCCC)COP(=O)([O-])OCC[N+](C)(C)C. The fourth-order valence-corrected chi connectivity index (χ4v) is 6.96. The fraction of sp³-hybridized carbons (Fsp3) is 0.792. The van der Waals surface area contributed by atoms with Crippen molar-refractivity contribution in [3.8, 4) is 0 Å². The summed E-state index contributed by atoms with van der Waals surface area (Å²) in [6, 6.07) is 0. The Bertz CT molecular complexity index is 1130. The van der Waals surface area contributed by atoms with Crippen LogP contribution in [-0.4, -0.2) is 70.0 Å². The fourth-order valence-electron chi connectivity index (χ4n) is 6.23. The van der Waals surface area contributed by atoms with E-state index in [0.29, 0.717) is 17.4 Å². The van der Waals surface area contributed by atoms with Gasteiger partial charge in [-0.2, -0.15) is 0 Å². The van der Waals surface area contributed by atoms with Gasteiger partial charge in [-0.25, -0.2) is 0 Å². The highest BCUT2D eigenvalue weighted by molar-refractivity contribution is 7.45. The predicted molar refractivity (Wildman–Crippen MR) is 240 cm³/mol. The lowest BCUT2D eigenvalue weighted by Crippen LogP contribution is -2.37. The quantitative estimate of drug-likeness (QED) is 0.0196. The molecule has 0 saturated heterocycles. The normalized spacial score (nSPS) is 14.0. The Morgan fingerprint density at radius 1 is 0.552 bits per heavy atom. The molecule has 0 fully saturated rings. The van der Waals surface area contributed by atoms with Gasteiger partial charge in [-0.05, 0) is 51.4 Å². The van der Waals surface area contributed by atoms with Crippen molar-refractivity contribution in [3.63, 3.8) is 0 Å². The Kier molecular flexibility index (Phi) is 39.0. The second-order valence-corrected chi connectivity index (χ2v) is 18.2. The zero-order chi connectivity index (χ0) is 42.8. The highest BCUT2D eigenvalue weighted by atomic mass is 31.2. The third kappa shape index (κ3) is 43.5. The van der Waals surface area contributed by atoms with Crippen LogP contribution in [0, 0.1) is 0 Å². The van der Waals surface area contributed by atoms with E-state index in [2.05, 4.69) is 62.5 Å². The van der Waals surface area contributed by atoms with Gasteiger partial charge in [0.2, 0.25) is 0 Å². The van der Waals surface area contributed by atoms with Crippen molar-refractivity contribution in [2.24, 2.45) is 0 Å². The van der Waals surface area contributed by atoms with Gasteiger partial charge < -0.3 is 27.9 Å². The second kappa shape index (κ2) is 40.4. The van der Waals surface area contributed by atoms with Crippen LogP contribution < -0.4 is 4.89 Å². The van der Waals surface area contributed by atoms with E-state index in [9.17, 15) is 19.0 Å². The maximum atomic E-state index is 12.7. The minimum absolute atomic E-state index is 0.0306. The first-order valence-corrected chi connectivity index (χ1v) is 24.8. The Morgan fingerprint density at radius 3 is 1.47 bits per heavy atom. The van der Waals surface area contributed by atoms with Gasteiger partial charge in [-0.3, -0.25) is 14.2 Å². The number of phosphoric ester groups is 1. The number of esters is 2. The number of nitrogens with zero attached hydrogens (tertiary/aromatic N) is 1. The zero-order valence-electron chi connectivity index (χ0n) is 38.0. The molecule has 58 heavy (non-hydrogen) atoms. The number of likely N-dealkylation sites (N-methyl/N-ethyl adjacent to an activating group) is 1. The number of hydrogen-bond donors (Lipinski definition) is 0. The van der Waals surface area contributed by atoms with Crippen molar-refractivity contribution in [1.29, 1.82) is 0 Å². The minimum atomic E-state index is -4.62. The van der Waals surface area contributed by atoms with Gasteiger partial charge in [0.1, 0.15) is 19.8 Å². The van der Waals surface area contributed by atoms with Crippen molar-refractivity contribution in [1.82, 2.24) is 0 Å². The minimum Gasteiger partial charge on any atom is -0.756 e. The van der Waals surface area contributed by atoms with Crippen LogP contribution in [0.2, 0.25) is 0 Å². The molecule has 0 bridgehead atoms. The lowest BCUT2D eigenvalue weighted by Gasteiger charge is -2.28. The Balaban J connectivity index is 4.07. The van der Waals surface area contributed by atoms with Crippen LogP contribution in [-0.2, 0) is 32.7 Å². The molecule has 338 valence electrons. The van der Waals surface area contributed by atoms with Gasteiger partial charge in [0.05, 0.1) is 27.7 Å². The summed E-state index contributed by atoms with van der Waals surface area (Å²) in [4.78, 5) is 37.4. The van der Waals surface area contributed by atoms with Crippen molar-refractivity contribution in [2.75, 3.05) is 47.5 Å². The molecule has 0 heterocycles. The summed E-state index contributed by atoms with van der Waals surface area (Å²) in [6.45, 7) is 4.07. The van der Waals surface area contributed by atoms with Gasteiger partial charge in [-0.1, -0.05) is 178 Å². The van der Waals surface area contributed by atoms with E-state index in [1.165, 1.54) is 96.3 Å². The van der Waals surface area contributed by atoms with Crippen LogP contribution >= 0.6 is 7.82 Å². The summed E-state index contributed by atoms with van der Waals surface area (Å²) in [5, 5.41) is 0. The largest absolute Gasteiger partial charge is 0.756 e. The van der Waals surface area contributed by atoms with Gasteiger partial charge in [0, 0.05) is 12.8 Å². The standard InChI is InChI=1S/C48H88NO8P/c1-6-8-10-12-14-15-16-17-18-19-20-21-22-23-24-25-26-27-28-29-30-31-32-33-35-37-39-41-48(51)57-46(45-56-58(52,53)55-43-42-49(3,4)5)44-54-47(50)40-38-36-34-13-11-9-7-2/h8,10,14-15,17-18,20-21,46H,6-7,9,11-13,16,19,22-45H2,1-5H3/b10-8-,15-14-,18-17-,21-20-. The number of allylic oxidation sites excluding steroid dienone is 8. The summed E-state index contributed by atoms with van der Waals surface area (Å²) in [5.74, 6) is -0.840. The van der Waals surface area contributed by atoms with Gasteiger partial charge in [-0.15, -0.1) is 0 Å². The molecule has 2 atom stereocenters. The predicted octanol–water partition coefficient (Wildman–Crippen LogP) is 12.8. The van der Waals surface area contributed by atoms with Crippen LogP contribution in [0.5, 0.6) is 0 Å². The first-order valence-electron chi connectivity index (χ1n) is 23.3. The number of carbonyl (C=O) groups is 2. The number of carbonyl (C=O) groups excluding carboxylic acids is 2. The van der Waals surface area contributed by atoms with E-state index in [-0.39, 0.29) is 32.0 Å². The molecule has 0 aromatic carbocycles.